The average Bonchev–Trinajstić information content (AvgIpc) is 3.23. The van der Waals surface area contributed by atoms with Gasteiger partial charge in [-0.1, -0.05) is 30.3 Å². The quantitative estimate of drug-likeness (QED) is 0.751. The van der Waals surface area contributed by atoms with Gasteiger partial charge in [0.15, 0.2) is 0 Å². The zero-order valence-corrected chi connectivity index (χ0v) is 16.5. The second-order valence-corrected chi connectivity index (χ2v) is 8.27. The van der Waals surface area contributed by atoms with Crippen LogP contribution in [0, 0.1) is 0 Å². The van der Waals surface area contributed by atoms with Gasteiger partial charge in [0.05, 0.1) is 14.2 Å². The van der Waals surface area contributed by atoms with E-state index in [1.807, 2.05) is 30.3 Å². The van der Waals surface area contributed by atoms with Crippen molar-refractivity contribution in [1.29, 1.82) is 0 Å². The molecule has 1 fully saturated rings. The summed E-state index contributed by atoms with van der Waals surface area (Å²) in [5.74, 6) is 0.760. The van der Waals surface area contributed by atoms with Crippen LogP contribution < -0.4 is 14.2 Å². The maximum absolute atomic E-state index is 13.0. The van der Waals surface area contributed by atoms with Crippen LogP contribution in [-0.4, -0.2) is 47.2 Å². The van der Waals surface area contributed by atoms with E-state index < -0.39 is 10.0 Å². The molecular weight excluding hydrogens is 364 g/mol. The van der Waals surface area contributed by atoms with Crippen LogP contribution >= 0.6 is 0 Å². The maximum Gasteiger partial charge on any atom is 0.244 e. The predicted octanol–water partition coefficient (Wildman–Crippen LogP) is 2.82. The lowest BCUT2D eigenvalue weighted by Gasteiger charge is -2.28. The average molecular weight is 391 g/mol. The molecule has 0 aliphatic carbocycles. The normalized spacial score (nSPS) is 16.2. The van der Waals surface area contributed by atoms with Crippen molar-refractivity contribution in [2.24, 2.45) is 0 Å². The lowest BCUT2D eigenvalue weighted by atomic mass is 10.1. The van der Waals surface area contributed by atoms with Gasteiger partial charge in [0, 0.05) is 18.7 Å². The molecule has 1 N–H and O–H groups in total. The number of sulfonamides is 1. The van der Waals surface area contributed by atoms with Crippen molar-refractivity contribution in [3.05, 3.63) is 54.1 Å². The third kappa shape index (κ3) is 4.61. The highest BCUT2D eigenvalue weighted by Crippen LogP contribution is 2.29. The van der Waals surface area contributed by atoms with Gasteiger partial charge in [-0.15, -0.1) is 0 Å². The Hall–Kier alpha value is -2.09. The summed E-state index contributed by atoms with van der Waals surface area (Å²) in [6.45, 7) is 2.25. The smallest absolute Gasteiger partial charge is 0.244 e. The summed E-state index contributed by atoms with van der Waals surface area (Å²) in [5.41, 5.74) is 1.11. The number of ether oxygens (including phenoxy) is 2. The van der Waals surface area contributed by atoms with E-state index in [-0.39, 0.29) is 10.9 Å². The van der Waals surface area contributed by atoms with E-state index in [2.05, 4.69) is 9.62 Å². The molecule has 6 nitrogen and oxygen atoms in total. The van der Waals surface area contributed by atoms with Crippen LogP contribution in [0.4, 0.5) is 0 Å². The minimum absolute atomic E-state index is 0.0000719. The second-order valence-electron chi connectivity index (χ2n) is 6.54. The lowest BCUT2D eigenvalue weighted by molar-refractivity contribution is 0.246. The topological polar surface area (TPSA) is 67.9 Å². The molecule has 1 aliphatic heterocycles. The molecule has 146 valence electrons. The van der Waals surface area contributed by atoms with Gasteiger partial charge in [-0.25, -0.2) is 13.1 Å². The zero-order chi connectivity index (χ0) is 19.3. The Balaban J connectivity index is 1.84. The van der Waals surface area contributed by atoms with Crippen LogP contribution in [0.5, 0.6) is 11.5 Å². The summed E-state index contributed by atoms with van der Waals surface area (Å²) < 4.78 is 39.1. The number of benzene rings is 2. The monoisotopic (exact) mass is 390 g/mol. The van der Waals surface area contributed by atoms with E-state index in [0.717, 1.165) is 31.5 Å². The van der Waals surface area contributed by atoms with Gasteiger partial charge in [0.2, 0.25) is 10.0 Å². The molecule has 0 radical (unpaired) electrons. The molecule has 0 amide bonds. The number of likely N-dealkylation sites (tertiary alicyclic amines) is 1. The van der Waals surface area contributed by atoms with E-state index in [0.29, 0.717) is 18.0 Å². The maximum atomic E-state index is 13.0. The summed E-state index contributed by atoms with van der Waals surface area (Å²) in [4.78, 5) is 2.42. The standard InChI is InChI=1S/C20H26N2O4S/c1-25-17-10-11-19(26-2)20(14-17)27(23,24)21-15-18(22-12-6-7-13-22)16-8-4-3-5-9-16/h3-5,8-11,14,18,21H,6-7,12-13,15H2,1-2H3. The number of rotatable bonds is 8. The first-order valence-electron chi connectivity index (χ1n) is 9.06. The first-order valence-corrected chi connectivity index (χ1v) is 10.5. The molecular formula is C20H26N2O4S. The van der Waals surface area contributed by atoms with Crippen LogP contribution in [-0.2, 0) is 10.0 Å². The van der Waals surface area contributed by atoms with Crippen LogP contribution in [0.25, 0.3) is 0 Å². The van der Waals surface area contributed by atoms with Crippen molar-refractivity contribution in [2.45, 2.75) is 23.8 Å². The minimum atomic E-state index is -3.75. The van der Waals surface area contributed by atoms with Gasteiger partial charge in [0.25, 0.3) is 0 Å². The first kappa shape index (κ1) is 19.7. The zero-order valence-electron chi connectivity index (χ0n) is 15.7. The summed E-state index contributed by atoms with van der Waals surface area (Å²) in [6.07, 6.45) is 2.28. The van der Waals surface area contributed by atoms with Crippen LogP contribution in [0.1, 0.15) is 24.4 Å². The van der Waals surface area contributed by atoms with Crippen molar-refractivity contribution in [2.75, 3.05) is 33.9 Å². The Labute approximate surface area is 161 Å². The highest BCUT2D eigenvalue weighted by atomic mass is 32.2. The third-order valence-corrected chi connectivity index (χ3v) is 6.34. The summed E-state index contributed by atoms with van der Waals surface area (Å²) in [7, 11) is -0.789. The molecule has 2 aromatic carbocycles. The number of methoxy groups -OCH3 is 2. The summed E-state index contributed by atoms with van der Waals surface area (Å²) in [5, 5.41) is 0. The molecule has 1 saturated heterocycles. The third-order valence-electron chi connectivity index (χ3n) is 4.89. The van der Waals surface area contributed by atoms with Crippen molar-refractivity contribution in [3.63, 3.8) is 0 Å². The molecule has 1 atom stereocenters. The number of nitrogens with one attached hydrogen (secondary N) is 1. The van der Waals surface area contributed by atoms with Crippen LogP contribution in [0.2, 0.25) is 0 Å². The molecule has 1 heterocycles. The van der Waals surface area contributed by atoms with E-state index in [1.54, 1.807) is 12.1 Å². The first-order chi connectivity index (χ1) is 13.0. The Kier molecular flexibility index (Phi) is 6.36. The van der Waals surface area contributed by atoms with Crippen molar-refractivity contribution >= 4 is 10.0 Å². The molecule has 0 saturated carbocycles. The van der Waals surface area contributed by atoms with Crippen molar-refractivity contribution in [1.82, 2.24) is 9.62 Å². The highest BCUT2D eigenvalue weighted by Gasteiger charge is 2.27. The molecule has 0 aromatic heterocycles. The van der Waals surface area contributed by atoms with Gasteiger partial charge < -0.3 is 9.47 Å². The van der Waals surface area contributed by atoms with Gasteiger partial charge in [-0.2, -0.15) is 0 Å². The molecule has 2 aromatic rings. The molecule has 0 spiro atoms. The minimum Gasteiger partial charge on any atom is -0.497 e. The predicted molar refractivity (Wildman–Crippen MR) is 105 cm³/mol. The number of hydrogen-bond acceptors (Lipinski definition) is 5. The van der Waals surface area contributed by atoms with Crippen LogP contribution in [0.15, 0.2) is 53.4 Å². The molecule has 7 heteroatoms. The number of hydrogen-bond donors (Lipinski definition) is 1. The molecule has 0 bridgehead atoms. The summed E-state index contributed by atoms with van der Waals surface area (Å²) in [6, 6.07) is 14.8. The van der Waals surface area contributed by atoms with E-state index in [9.17, 15) is 8.42 Å². The molecule has 1 aliphatic rings. The van der Waals surface area contributed by atoms with E-state index in [4.69, 9.17) is 9.47 Å². The van der Waals surface area contributed by atoms with Gasteiger partial charge >= 0.3 is 0 Å². The lowest BCUT2D eigenvalue weighted by Crippen LogP contribution is -2.36. The van der Waals surface area contributed by atoms with Gasteiger partial charge in [0.1, 0.15) is 16.4 Å². The highest BCUT2D eigenvalue weighted by molar-refractivity contribution is 7.89. The Morgan fingerprint density at radius 1 is 1.04 bits per heavy atom. The fraction of sp³-hybridized carbons (Fsp3) is 0.400. The van der Waals surface area contributed by atoms with E-state index in [1.165, 1.54) is 20.3 Å². The van der Waals surface area contributed by atoms with Crippen molar-refractivity contribution in [3.8, 4) is 11.5 Å². The largest absolute Gasteiger partial charge is 0.497 e. The Morgan fingerprint density at radius 2 is 1.74 bits per heavy atom. The molecule has 27 heavy (non-hydrogen) atoms. The molecule has 3 rings (SSSR count). The van der Waals surface area contributed by atoms with Gasteiger partial charge in [-0.05, 0) is 43.6 Å². The van der Waals surface area contributed by atoms with Crippen molar-refractivity contribution < 1.29 is 17.9 Å². The van der Waals surface area contributed by atoms with E-state index >= 15 is 0 Å². The summed E-state index contributed by atoms with van der Waals surface area (Å²) >= 11 is 0. The Morgan fingerprint density at radius 3 is 2.37 bits per heavy atom. The number of nitrogens with zero attached hydrogens (tertiary/aromatic N) is 1. The molecule has 1 unspecified atom stereocenters. The SMILES string of the molecule is COc1ccc(OC)c(S(=O)(=O)NCC(c2ccccc2)N2CCCC2)c1. The van der Waals surface area contributed by atoms with Crippen LogP contribution in [0.3, 0.4) is 0 Å². The van der Waals surface area contributed by atoms with Gasteiger partial charge in [-0.3, -0.25) is 4.90 Å². The fourth-order valence-electron chi connectivity index (χ4n) is 3.45. The second kappa shape index (κ2) is 8.73. The Bertz CT molecular complexity index is 850. The fourth-order valence-corrected chi connectivity index (χ4v) is 4.67.